The predicted octanol–water partition coefficient (Wildman–Crippen LogP) is 3.74. The van der Waals surface area contributed by atoms with Gasteiger partial charge in [0.05, 0.1) is 5.01 Å². The maximum absolute atomic E-state index is 13.0. The average molecular weight is 304 g/mol. The van der Waals surface area contributed by atoms with Crippen molar-refractivity contribution in [2.75, 3.05) is 6.54 Å². The molecule has 1 aromatic heterocycles. The highest BCUT2D eigenvalue weighted by molar-refractivity contribution is 7.09. The Morgan fingerprint density at radius 1 is 1.29 bits per heavy atom. The molecule has 1 saturated carbocycles. The summed E-state index contributed by atoms with van der Waals surface area (Å²) in [5.41, 5.74) is 2.30. The van der Waals surface area contributed by atoms with Gasteiger partial charge in [-0.25, -0.2) is 9.37 Å². The van der Waals surface area contributed by atoms with E-state index in [1.807, 2.05) is 19.1 Å². The number of halogens is 1. The van der Waals surface area contributed by atoms with Gasteiger partial charge in [0.15, 0.2) is 0 Å². The number of hydrogen-bond donors (Lipinski definition) is 1. The highest BCUT2D eigenvalue weighted by Crippen LogP contribution is 2.22. The van der Waals surface area contributed by atoms with Gasteiger partial charge >= 0.3 is 0 Å². The maximum atomic E-state index is 13.0. The van der Waals surface area contributed by atoms with E-state index in [4.69, 9.17) is 0 Å². The Hall–Kier alpha value is -1.26. The van der Waals surface area contributed by atoms with E-state index in [1.165, 1.54) is 23.4 Å². The van der Waals surface area contributed by atoms with Gasteiger partial charge in [0, 0.05) is 23.5 Å². The van der Waals surface area contributed by atoms with Gasteiger partial charge in [0.25, 0.3) is 0 Å². The smallest absolute Gasteiger partial charge is 0.123 e. The normalized spacial score (nSPS) is 16.1. The lowest BCUT2D eigenvalue weighted by molar-refractivity contribution is 0.467. The molecule has 1 N–H and O–H groups in total. The van der Waals surface area contributed by atoms with Gasteiger partial charge in [0.1, 0.15) is 5.82 Å². The summed E-state index contributed by atoms with van der Waals surface area (Å²) in [4.78, 5) is 4.58. The molecular formula is C17H21FN2S. The Morgan fingerprint density at radius 2 is 2.05 bits per heavy atom. The zero-order valence-electron chi connectivity index (χ0n) is 12.3. The molecule has 1 fully saturated rings. The zero-order valence-corrected chi connectivity index (χ0v) is 13.1. The van der Waals surface area contributed by atoms with Crippen molar-refractivity contribution in [3.63, 3.8) is 0 Å². The number of thiazole rings is 1. The molecule has 0 bridgehead atoms. The van der Waals surface area contributed by atoms with Crippen molar-refractivity contribution in [2.45, 2.75) is 38.6 Å². The second-order valence-electron chi connectivity index (χ2n) is 5.97. The third-order valence-electron chi connectivity index (χ3n) is 3.84. The van der Waals surface area contributed by atoms with E-state index in [0.29, 0.717) is 5.92 Å². The molecule has 112 valence electrons. The summed E-state index contributed by atoms with van der Waals surface area (Å²) in [5.74, 6) is 0.351. The standard InChI is InChI=1S/C17H21FN2S/c1-12-11-21-17(20-12)9-14(10-19-16-6-7-16)8-13-2-4-15(18)5-3-13/h2-5,11,14,16,19H,6-10H2,1H3. The van der Waals surface area contributed by atoms with Crippen LogP contribution < -0.4 is 5.32 Å². The van der Waals surface area contributed by atoms with Crippen LogP contribution in [0.15, 0.2) is 29.6 Å². The van der Waals surface area contributed by atoms with Crippen molar-refractivity contribution in [1.29, 1.82) is 0 Å². The summed E-state index contributed by atoms with van der Waals surface area (Å²) in [6.07, 6.45) is 4.58. The summed E-state index contributed by atoms with van der Waals surface area (Å²) in [6.45, 7) is 3.05. The molecule has 0 radical (unpaired) electrons. The van der Waals surface area contributed by atoms with E-state index in [9.17, 15) is 4.39 Å². The number of nitrogens with zero attached hydrogens (tertiary/aromatic N) is 1. The lowest BCUT2D eigenvalue weighted by Gasteiger charge is -2.16. The largest absolute Gasteiger partial charge is 0.314 e. The maximum Gasteiger partial charge on any atom is 0.123 e. The fourth-order valence-electron chi connectivity index (χ4n) is 2.53. The van der Waals surface area contributed by atoms with Gasteiger partial charge in [-0.15, -0.1) is 11.3 Å². The van der Waals surface area contributed by atoms with Crippen molar-refractivity contribution in [3.8, 4) is 0 Å². The third kappa shape index (κ3) is 4.61. The molecular weight excluding hydrogens is 283 g/mol. The Labute approximate surface area is 129 Å². The van der Waals surface area contributed by atoms with E-state index >= 15 is 0 Å². The first-order valence-corrected chi connectivity index (χ1v) is 8.46. The van der Waals surface area contributed by atoms with E-state index in [-0.39, 0.29) is 5.82 Å². The van der Waals surface area contributed by atoms with Crippen LogP contribution in [0.2, 0.25) is 0 Å². The molecule has 21 heavy (non-hydrogen) atoms. The van der Waals surface area contributed by atoms with Crippen LogP contribution in [0, 0.1) is 18.7 Å². The summed E-state index contributed by atoms with van der Waals surface area (Å²) >= 11 is 1.74. The molecule has 0 spiro atoms. The van der Waals surface area contributed by atoms with Crippen LogP contribution in [0.25, 0.3) is 0 Å². The zero-order chi connectivity index (χ0) is 14.7. The first-order chi connectivity index (χ1) is 10.2. The molecule has 0 aliphatic heterocycles. The third-order valence-corrected chi connectivity index (χ3v) is 4.83. The molecule has 4 heteroatoms. The first-order valence-electron chi connectivity index (χ1n) is 7.58. The SMILES string of the molecule is Cc1csc(CC(CNC2CC2)Cc2ccc(F)cc2)n1. The lowest BCUT2D eigenvalue weighted by atomic mass is 9.96. The minimum absolute atomic E-state index is 0.165. The fraction of sp³-hybridized carbons (Fsp3) is 0.471. The van der Waals surface area contributed by atoms with Crippen LogP contribution in [0.4, 0.5) is 4.39 Å². The van der Waals surface area contributed by atoms with Crippen molar-refractivity contribution >= 4 is 11.3 Å². The molecule has 1 atom stereocenters. The van der Waals surface area contributed by atoms with Crippen LogP contribution in [0.1, 0.15) is 29.1 Å². The van der Waals surface area contributed by atoms with Crippen LogP contribution >= 0.6 is 11.3 Å². The summed E-state index contributed by atoms with van der Waals surface area (Å²) in [5, 5.41) is 6.93. The van der Waals surface area contributed by atoms with Gasteiger partial charge in [-0.3, -0.25) is 0 Å². The minimum Gasteiger partial charge on any atom is -0.314 e. The quantitative estimate of drug-likeness (QED) is 0.843. The van der Waals surface area contributed by atoms with E-state index in [0.717, 1.165) is 31.1 Å². The van der Waals surface area contributed by atoms with Crippen LogP contribution in [-0.4, -0.2) is 17.6 Å². The highest BCUT2D eigenvalue weighted by Gasteiger charge is 2.22. The summed E-state index contributed by atoms with van der Waals surface area (Å²) in [7, 11) is 0. The fourth-order valence-corrected chi connectivity index (χ4v) is 3.42. The Bertz CT molecular complexity index is 575. The molecule has 1 aliphatic carbocycles. The van der Waals surface area contributed by atoms with E-state index in [1.54, 1.807) is 23.5 Å². The van der Waals surface area contributed by atoms with Crippen LogP contribution in [0.5, 0.6) is 0 Å². The Balaban J connectivity index is 1.63. The van der Waals surface area contributed by atoms with Crippen molar-refractivity contribution < 1.29 is 4.39 Å². The number of rotatable bonds is 7. The average Bonchev–Trinajstić information content (AvgIpc) is 3.21. The van der Waals surface area contributed by atoms with Gasteiger partial charge in [-0.1, -0.05) is 12.1 Å². The molecule has 1 unspecified atom stereocenters. The molecule has 0 saturated heterocycles. The van der Waals surface area contributed by atoms with Crippen molar-refractivity contribution in [2.24, 2.45) is 5.92 Å². The highest BCUT2D eigenvalue weighted by atomic mass is 32.1. The van der Waals surface area contributed by atoms with Gasteiger partial charge in [-0.05, 0) is 56.3 Å². The molecule has 1 aromatic carbocycles. The molecule has 1 aliphatic rings. The molecule has 3 rings (SSSR count). The topological polar surface area (TPSA) is 24.9 Å². The second-order valence-corrected chi connectivity index (χ2v) is 6.91. The van der Waals surface area contributed by atoms with Gasteiger partial charge in [0.2, 0.25) is 0 Å². The number of benzene rings is 1. The minimum atomic E-state index is -0.165. The predicted molar refractivity (Wildman–Crippen MR) is 85.2 cm³/mol. The number of nitrogens with one attached hydrogen (secondary N) is 1. The van der Waals surface area contributed by atoms with Crippen LogP contribution in [-0.2, 0) is 12.8 Å². The van der Waals surface area contributed by atoms with Gasteiger partial charge in [-0.2, -0.15) is 0 Å². The van der Waals surface area contributed by atoms with E-state index in [2.05, 4.69) is 15.7 Å². The lowest BCUT2D eigenvalue weighted by Crippen LogP contribution is -2.27. The first kappa shape index (κ1) is 14.7. The number of aromatic nitrogens is 1. The molecule has 1 heterocycles. The second kappa shape index (κ2) is 6.67. The molecule has 2 nitrogen and oxygen atoms in total. The van der Waals surface area contributed by atoms with Crippen molar-refractivity contribution in [1.82, 2.24) is 10.3 Å². The Kier molecular flexibility index (Phi) is 4.66. The molecule has 0 amide bonds. The van der Waals surface area contributed by atoms with Crippen LogP contribution in [0.3, 0.4) is 0 Å². The monoisotopic (exact) mass is 304 g/mol. The van der Waals surface area contributed by atoms with E-state index < -0.39 is 0 Å². The number of hydrogen-bond acceptors (Lipinski definition) is 3. The van der Waals surface area contributed by atoms with Crippen molar-refractivity contribution in [3.05, 3.63) is 51.7 Å². The summed E-state index contributed by atoms with van der Waals surface area (Å²) < 4.78 is 13.0. The van der Waals surface area contributed by atoms with Gasteiger partial charge < -0.3 is 5.32 Å². The summed E-state index contributed by atoms with van der Waals surface area (Å²) in [6, 6.07) is 7.61. The Morgan fingerprint density at radius 3 is 2.67 bits per heavy atom. The number of aryl methyl sites for hydroxylation is 1. The molecule has 2 aromatic rings.